The molecule has 0 atom stereocenters. The number of carbonyl (C=O) groups excluding carboxylic acids is 2. The minimum absolute atomic E-state index is 0.0366. The first kappa shape index (κ1) is 17.1. The van der Waals surface area contributed by atoms with Crippen molar-refractivity contribution in [2.24, 2.45) is 0 Å². The lowest BCUT2D eigenvalue weighted by atomic mass is 10.1. The van der Waals surface area contributed by atoms with Gasteiger partial charge in [-0.15, -0.1) is 0 Å². The summed E-state index contributed by atoms with van der Waals surface area (Å²) in [5.41, 5.74) is 2.32. The fourth-order valence-electron chi connectivity index (χ4n) is 2.67. The Labute approximate surface area is 137 Å². The van der Waals surface area contributed by atoms with Gasteiger partial charge in [-0.25, -0.2) is 0 Å². The zero-order valence-corrected chi connectivity index (χ0v) is 13.9. The number of H-pyrrole nitrogens is 1. The first-order valence-corrected chi connectivity index (χ1v) is 8.19. The molecule has 2 aromatic rings. The van der Waals surface area contributed by atoms with Gasteiger partial charge < -0.3 is 15.2 Å². The Morgan fingerprint density at radius 3 is 2.74 bits per heavy atom. The van der Waals surface area contributed by atoms with Crippen LogP contribution < -0.4 is 5.32 Å². The smallest absolute Gasteiger partial charge is 0.220 e. The maximum Gasteiger partial charge on any atom is 0.220 e. The van der Waals surface area contributed by atoms with Crippen molar-refractivity contribution in [2.45, 2.75) is 33.1 Å². The van der Waals surface area contributed by atoms with Crippen LogP contribution in [0.1, 0.15) is 32.3 Å². The van der Waals surface area contributed by atoms with Gasteiger partial charge in [-0.3, -0.25) is 9.59 Å². The second-order valence-electron chi connectivity index (χ2n) is 5.72. The van der Waals surface area contributed by atoms with Crippen LogP contribution in [-0.4, -0.2) is 41.3 Å². The Kier molecular flexibility index (Phi) is 6.20. The lowest BCUT2D eigenvalue weighted by molar-refractivity contribution is -0.129. The largest absolute Gasteiger partial charge is 0.361 e. The summed E-state index contributed by atoms with van der Waals surface area (Å²) in [4.78, 5) is 28.3. The Morgan fingerprint density at radius 2 is 2.00 bits per heavy atom. The van der Waals surface area contributed by atoms with Gasteiger partial charge in [0, 0.05) is 50.1 Å². The third-order valence-corrected chi connectivity index (χ3v) is 3.95. The highest BCUT2D eigenvalue weighted by Gasteiger charge is 2.11. The highest BCUT2D eigenvalue weighted by molar-refractivity contribution is 5.83. The van der Waals surface area contributed by atoms with Crippen molar-refractivity contribution >= 4 is 22.7 Å². The molecule has 0 saturated carbocycles. The summed E-state index contributed by atoms with van der Waals surface area (Å²) in [6, 6.07) is 8.16. The van der Waals surface area contributed by atoms with E-state index in [0.29, 0.717) is 26.1 Å². The lowest BCUT2D eigenvalue weighted by Gasteiger charge is -2.21. The van der Waals surface area contributed by atoms with Crippen LogP contribution in [0.5, 0.6) is 0 Å². The first-order chi connectivity index (χ1) is 11.1. The van der Waals surface area contributed by atoms with Crippen molar-refractivity contribution < 1.29 is 9.59 Å². The third kappa shape index (κ3) is 4.84. The van der Waals surface area contributed by atoms with Crippen molar-refractivity contribution in [3.05, 3.63) is 36.0 Å². The van der Waals surface area contributed by atoms with Gasteiger partial charge in [-0.1, -0.05) is 25.1 Å². The van der Waals surface area contributed by atoms with E-state index >= 15 is 0 Å². The maximum atomic E-state index is 11.8. The van der Waals surface area contributed by atoms with E-state index in [1.165, 1.54) is 10.9 Å². The fourth-order valence-corrected chi connectivity index (χ4v) is 2.67. The number of carbonyl (C=O) groups is 2. The summed E-state index contributed by atoms with van der Waals surface area (Å²) in [7, 11) is 0. The second kappa shape index (κ2) is 8.36. The number of nitrogens with one attached hydrogen (secondary N) is 2. The van der Waals surface area contributed by atoms with E-state index in [0.717, 1.165) is 18.4 Å². The van der Waals surface area contributed by atoms with Crippen molar-refractivity contribution in [3.63, 3.8) is 0 Å². The highest BCUT2D eigenvalue weighted by atomic mass is 16.2. The molecule has 0 unspecified atom stereocenters. The number of fused-ring (bicyclic) bond motifs is 1. The van der Waals surface area contributed by atoms with Crippen molar-refractivity contribution in [3.8, 4) is 0 Å². The van der Waals surface area contributed by atoms with Crippen LogP contribution in [0.25, 0.3) is 10.9 Å². The van der Waals surface area contributed by atoms with E-state index in [-0.39, 0.29) is 11.8 Å². The Hall–Kier alpha value is -2.30. The molecule has 0 radical (unpaired) electrons. The molecule has 124 valence electrons. The Bertz CT molecular complexity index is 663. The minimum atomic E-state index is 0.0366. The van der Waals surface area contributed by atoms with Crippen LogP contribution >= 0.6 is 0 Å². The predicted molar refractivity (Wildman–Crippen MR) is 92.2 cm³/mol. The van der Waals surface area contributed by atoms with Gasteiger partial charge in [0.1, 0.15) is 0 Å². The fraction of sp³-hybridized carbons (Fsp3) is 0.444. The summed E-state index contributed by atoms with van der Waals surface area (Å²) in [6.07, 6.45) is 4.18. The molecule has 5 nitrogen and oxygen atoms in total. The molecule has 2 N–H and O–H groups in total. The monoisotopic (exact) mass is 315 g/mol. The number of hydrogen-bond donors (Lipinski definition) is 2. The number of nitrogens with zero attached hydrogens (tertiary/aromatic N) is 1. The summed E-state index contributed by atoms with van der Waals surface area (Å²) in [6.45, 7) is 5.26. The van der Waals surface area contributed by atoms with E-state index in [4.69, 9.17) is 0 Å². The van der Waals surface area contributed by atoms with Crippen LogP contribution in [-0.2, 0) is 16.0 Å². The average molecular weight is 315 g/mol. The van der Waals surface area contributed by atoms with Gasteiger partial charge in [-0.05, 0) is 24.5 Å². The molecular formula is C18H25N3O2. The molecule has 0 spiro atoms. The molecule has 1 aromatic carbocycles. The number of benzene rings is 1. The van der Waals surface area contributed by atoms with E-state index in [1.54, 1.807) is 11.8 Å². The molecule has 0 fully saturated rings. The summed E-state index contributed by atoms with van der Waals surface area (Å²) < 4.78 is 0. The van der Waals surface area contributed by atoms with Crippen molar-refractivity contribution in [1.82, 2.24) is 15.2 Å². The first-order valence-electron chi connectivity index (χ1n) is 8.19. The molecule has 1 aromatic heterocycles. The molecule has 2 rings (SSSR count). The van der Waals surface area contributed by atoms with Crippen LogP contribution in [0, 0.1) is 0 Å². The maximum absolute atomic E-state index is 11.8. The van der Waals surface area contributed by atoms with Gasteiger partial charge >= 0.3 is 0 Å². The van der Waals surface area contributed by atoms with Gasteiger partial charge in [-0.2, -0.15) is 0 Å². The minimum Gasteiger partial charge on any atom is -0.361 e. The third-order valence-electron chi connectivity index (χ3n) is 3.95. The van der Waals surface area contributed by atoms with Crippen LogP contribution in [0.4, 0.5) is 0 Å². The van der Waals surface area contributed by atoms with Crippen LogP contribution in [0.3, 0.4) is 0 Å². The van der Waals surface area contributed by atoms with E-state index in [9.17, 15) is 9.59 Å². The van der Waals surface area contributed by atoms with Crippen LogP contribution in [0.2, 0.25) is 0 Å². The standard InChI is InChI=1S/C18H25N3O2/c1-3-6-18(23)19-10-12-21(14(2)22)11-9-15-13-20-17-8-5-4-7-16(15)17/h4-5,7-8,13,20H,3,6,9-12H2,1-2H3,(H,19,23). The highest BCUT2D eigenvalue weighted by Crippen LogP contribution is 2.18. The quantitative estimate of drug-likeness (QED) is 0.786. The molecular weight excluding hydrogens is 290 g/mol. The van der Waals surface area contributed by atoms with Crippen LogP contribution in [0.15, 0.2) is 30.5 Å². The molecule has 23 heavy (non-hydrogen) atoms. The Morgan fingerprint density at radius 1 is 1.22 bits per heavy atom. The van der Waals surface area contributed by atoms with Gasteiger partial charge in [0.25, 0.3) is 0 Å². The number of amides is 2. The summed E-state index contributed by atoms with van der Waals surface area (Å²) in [5, 5.41) is 4.05. The zero-order valence-electron chi connectivity index (χ0n) is 13.9. The molecule has 0 aliphatic carbocycles. The molecule has 5 heteroatoms. The summed E-state index contributed by atoms with van der Waals surface area (Å²) in [5.74, 6) is 0.0854. The van der Waals surface area contributed by atoms with E-state index < -0.39 is 0 Å². The Balaban J connectivity index is 1.87. The second-order valence-corrected chi connectivity index (χ2v) is 5.72. The number of aromatic amines is 1. The van der Waals surface area contributed by atoms with Crippen molar-refractivity contribution in [2.75, 3.05) is 19.6 Å². The van der Waals surface area contributed by atoms with Gasteiger partial charge in [0.05, 0.1) is 0 Å². The number of para-hydroxylation sites is 1. The zero-order chi connectivity index (χ0) is 16.7. The van der Waals surface area contributed by atoms with E-state index in [1.807, 2.05) is 31.3 Å². The molecule has 2 amide bonds. The SMILES string of the molecule is CCCC(=O)NCCN(CCc1c[nH]c2ccccc12)C(C)=O. The lowest BCUT2D eigenvalue weighted by Crippen LogP contribution is -2.38. The molecule has 0 bridgehead atoms. The predicted octanol–water partition coefficient (Wildman–Crippen LogP) is 2.48. The topological polar surface area (TPSA) is 65.2 Å². The van der Waals surface area contributed by atoms with Crippen molar-refractivity contribution in [1.29, 1.82) is 0 Å². The normalized spacial score (nSPS) is 10.7. The number of rotatable bonds is 8. The molecule has 0 aliphatic heterocycles. The molecule has 1 heterocycles. The van der Waals surface area contributed by atoms with Gasteiger partial charge in [0.2, 0.25) is 11.8 Å². The van der Waals surface area contributed by atoms with Gasteiger partial charge in [0.15, 0.2) is 0 Å². The summed E-state index contributed by atoms with van der Waals surface area (Å²) >= 11 is 0. The number of hydrogen-bond acceptors (Lipinski definition) is 2. The molecule has 0 aliphatic rings. The number of aromatic nitrogens is 1. The molecule has 0 saturated heterocycles. The van der Waals surface area contributed by atoms with E-state index in [2.05, 4.69) is 16.4 Å². The average Bonchev–Trinajstić information content (AvgIpc) is 2.94.